The zero-order valence-corrected chi connectivity index (χ0v) is 10.1. The van der Waals surface area contributed by atoms with Crippen LogP contribution in [-0.4, -0.2) is 36.1 Å². The summed E-state index contributed by atoms with van der Waals surface area (Å²) in [6, 6.07) is 0. The molecule has 1 aromatic rings. The van der Waals surface area contributed by atoms with Gasteiger partial charge in [-0.15, -0.1) is 10.2 Å². The molecular weight excluding hydrogens is 251 g/mol. The molecule has 0 amide bonds. The standard InChI is InChI=1S/C10H16F3N3O2/c1-2-4-14-5-3-8-15-16-9(18-8)6-17-7-10(11,12)13/h14H,2-7H2,1H3. The SMILES string of the molecule is CCCNCCc1nnc(COCC(F)(F)F)o1. The Morgan fingerprint density at radius 2 is 1.94 bits per heavy atom. The Morgan fingerprint density at radius 1 is 1.22 bits per heavy atom. The quantitative estimate of drug-likeness (QED) is 0.726. The second-order valence-corrected chi connectivity index (χ2v) is 3.70. The molecule has 0 saturated heterocycles. The fourth-order valence-corrected chi connectivity index (χ4v) is 1.20. The lowest BCUT2D eigenvalue weighted by Gasteiger charge is -2.04. The van der Waals surface area contributed by atoms with E-state index < -0.39 is 12.8 Å². The zero-order chi connectivity index (χ0) is 13.4. The van der Waals surface area contributed by atoms with Crippen molar-refractivity contribution in [1.29, 1.82) is 0 Å². The molecule has 0 bridgehead atoms. The summed E-state index contributed by atoms with van der Waals surface area (Å²) in [6.45, 7) is 2.00. The number of nitrogens with one attached hydrogen (secondary N) is 1. The maximum atomic E-state index is 11.8. The second kappa shape index (κ2) is 7.32. The normalized spacial score (nSPS) is 12.0. The molecule has 0 spiro atoms. The number of aromatic nitrogens is 2. The van der Waals surface area contributed by atoms with Gasteiger partial charge in [-0.25, -0.2) is 0 Å². The van der Waals surface area contributed by atoms with E-state index in [4.69, 9.17) is 4.42 Å². The molecule has 0 aliphatic heterocycles. The van der Waals surface area contributed by atoms with Crippen molar-refractivity contribution in [3.8, 4) is 0 Å². The third kappa shape index (κ3) is 6.55. The molecule has 0 atom stereocenters. The second-order valence-electron chi connectivity index (χ2n) is 3.70. The van der Waals surface area contributed by atoms with Crippen molar-refractivity contribution in [2.24, 2.45) is 0 Å². The van der Waals surface area contributed by atoms with Gasteiger partial charge in [0.15, 0.2) is 0 Å². The van der Waals surface area contributed by atoms with Crippen molar-refractivity contribution < 1.29 is 22.3 Å². The Kier molecular flexibility index (Phi) is 6.06. The number of hydrogen-bond acceptors (Lipinski definition) is 5. The summed E-state index contributed by atoms with van der Waals surface area (Å²) >= 11 is 0. The van der Waals surface area contributed by atoms with Crippen LogP contribution >= 0.6 is 0 Å². The fraction of sp³-hybridized carbons (Fsp3) is 0.800. The Morgan fingerprint density at radius 3 is 2.61 bits per heavy atom. The van der Waals surface area contributed by atoms with Crippen molar-refractivity contribution in [2.45, 2.75) is 32.5 Å². The third-order valence-electron chi connectivity index (χ3n) is 1.94. The van der Waals surface area contributed by atoms with Crippen LogP contribution in [0.3, 0.4) is 0 Å². The zero-order valence-electron chi connectivity index (χ0n) is 10.1. The maximum absolute atomic E-state index is 11.8. The predicted molar refractivity (Wildman–Crippen MR) is 56.9 cm³/mol. The third-order valence-corrected chi connectivity index (χ3v) is 1.94. The first-order valence-electron chi connectivity index (χ1n) is 5.67. The van der Waals surface area contributed by atoms with Gasteiger partial charge in [-0.1, -0.05) is 6.92 Å². The molecule has 0 saturated carbocycles. The number of alkyl halides is 3. The van der Waals surface area contributed by atoms with Crippen LogP contribution in [0.25, 0.3) is 0 Å². The molecule has 1 rings (SSSR count). The summed E-state index contributed by atoms with van der Waals surface area (Å²) in [5, 5.41) is 10.5. The van der Waals surface area contributed by atoms with E-state index in [-0.39, 0.29) is 12.5 Å². The summed E-state index contributed by atoms with van der Waals surface area (Å²) in [5.41, 5.74) is 0. The van der Waals surface area contributed by atoms with Gasteiger partial charge >= 0.3 is 6.18 Å². The molecular formula is C10H16F3N3O2. The first-order chi connectivity index (χ1) is 8.51. The number of nitrogens with zero attached hydrogens (tertiary/aromatic N) is 2. The molecule has 104 valence electrons. The first kappa shape index (κ1) is 14.9. The maximum Gasteiger partial charge on any atom is 0.411 e. The van der Waals surface area contributed by atoms with Crippen LogP contribution in [0.4, 0.5) is 13.2 Å². The Bertz CT molecular complexity index is 341. The Hall–Kier alpha value is -1.15. The molecule has 0 radical (unpaired) electrons. The van der Waals surface area contributed by atoms with Crippen molar-refractivity contribution >= 4 is 0 Å². The fourth-order valence-electron chi connectivity index (χ4n) is 1.20. The molecule has 1 aromatic heterocycles. The van der Waals surface area contributed by atoms with Crippen LogP contribution in [0.15, 0.2) is 4.42 Å². The van der Waals surface area contributed by atoms with Crippen LogP contribution in [0, 0.1) is 0 Å². The minimum absolute atomic E-state index is 0.0599. The number of halogens is 3. The lowest BCUT2D eigenvalue weighted by molar-refractivity contribution is -0.177. The van der Waals surface area contributed by atoms with E-state index in [1.807, 2.05) is 0 Å². The van der Waals surface area contributed by atoms with Gasteiger partial charge in [-0.3, -0.25) is 0 Å². The van der Waals surface area contributed by atoms with E-state index in [1.165, 1.54) is 0 Å². The minimum Gasteiger partial charge on any atom is -0.423 e. The molecule has 0 aromatic carbocycles. The summed E-state index contributed by atoms with van der Waals surface area (Å²) < 4.78 is 44.9. The lowest BCUT2D eigenvalue weighted by atomic mass is 10.4. The van der Waals surface area contributed by atoms with Crippen LogP contribution in [0.1, 0.15) is 25.1 Å². The van der Waals surface area contributed by atoms with E-state index in [1.54, 1.807) is 0 Å². The van der Waals surface area contributed by atoms with Crippen molar-refractivity contribution in [3.05, 3.63) is 11.8 Å². The molecule has 0 fully saturated rings. The molecule has 1 heterocycles. The Balaban J connectivity index is 2.21. The highest BCUT2D eigenvalue weighted by Crippen LogP contribution is 2.15. The van der Waals surface area contributed by atoms with Crippen LogP contribution < -0.4 is 5.32 Å². The van der Waals surface area contributed by atoms with Crippen molar-refractivity contribution in [3.63, 3.8) is 0 Å². The summed E-state index contributed by atoms with van der Waals surface area (Å²) in [6.07, 6.45) is -2.76. The highest BCUT2D eigenvalue weighted by Gasteiger charge is 2.27. The average molecular weight is 267 g/mol. The van der Waals surface area contributed by atoms with Crippen LogP contribution in [0.2, 0.25) is 0 Å². The van der Waals surface area contributed by atoms with Gasteiger partial charge in [0.1, 0.15) is 13.2 Å². The van der Waals surface area contributed by atoms with Crippen molar-refractivity contribution in [2.75, 3.05) is 19.7 Å². The molecule has 0 unspecified atom stereocenters. The average Bonchev–Trinajstić information content (AvgIpc) is 2.71. The topological polar surface area (TPSA) is 60.2 Å². The van der Waals surface area contributed by atoms with E-state index in [0.717, 1.165) is 13.0 Å². The van der Waals surface area contributed by atoms with Gasteiger partial charge < -0.3 is 14.5 Å². The highest BCUT2D eigenvalue weighted by atomic mass is 19.4. The van der Waals surface area contributed by atoms with E-state index >= 15 is 0 Å². The summed E-state index contributed by atoms with van der Waals surface area (Å²) in [5.74, 6) is 0.453. The lowest BCUT2D eigenvalue weighted by Crippen LogP contribution is -2.17. The smallest absolute Gasteiger partial charge is 0.411 e. The molecule has 0 aliphatic rings. The number of rotatable bonds is 8. The summed E-state index contributed by atoms with van der Waals surface area (Å²) in [7, 11) is 0. The molecule has 5 nitrogen and oxygen atoms in total. The molecule has 18 heavy (non-hydrogen) atoms. The van der Waals surface area contributed by atoms with Gasteiger partial charge in [-0.2, -0.15) is 13.2 Å². The van der Waals surface area contributed by atoms with Gasteiger partial charge in [0, 0.05) is 13.0 Å². The summed E-state index contributed by atoms with van der Waals surface area (Å²) in [4.78, 5) is 0. The van der Waals surface area contributed by atoms with E-state index in [0.29, 0.717) is 18.9 Å². The first-order valence-corrected chi connectivity index (χ1v) is 5.67. The van der Waals surface area contributed by atoms with Gasteiger partial charge in [0.2, 0.25) is 11.8 Å². The van der Waals surface area contributed by atoms with Gasteiger partial charge in [-0.05, 0) is 13.0 Å². The monoisotopic (exact) mass is 267 g/mol. The van der Waals surface area contributed by atoms with Gasteiger partial charge in [0.05, 0.1) is 0 Å². The van der Waals surface area contributed by atoms with Crippen LogP contribution in [0.5, 0.6) is 0 Å². The van der Waals surface area contributed by atoms with Crippen molar-refractivity contribution in [1.82, 2.24) is 15.5 Å². The number of hydrogen-bond donors (Lipinski definition) is 1. The molecule has 8 heteroatoms. The van der Waals surface area contributed by atoms with E-state index in [9.17, 15) is 13.2 Å². The Labute approximate surface area is 103 Å². The van der Waals surface area contributed by atoms with Gasteiger partial charge in [0.25, 0.3) is 0 Å². The minimum atomic E-state index is -4.34. The highest BCUT2D eigenvalue weighted by molar-refractivity contribution is 4.81. The molecule has 0 aliphatic carbocycles. The number of ether oxygens (including phenoxy) is 1. The predicted octanol–water partition coefficient (Wildman–Crippen LogP) is 1.69. The van der Waals surface area contributed by atoms with E-state index in [2.05, 4.69) is 27.2 Å². The largest absolute Gasteiger partial charge is 0.423 e. The molecule has 1 N–H and O–H groups in total. The van der Waals surface area contributed by atoms with Crippen LogP contribution in [-0.2, 0) is 17.8 Å².